The highest BCUT2D eigenvalue weighted by molar-refractivity contribution is 5.26. The average Bonchev–Trinajstić information content (AvgIpc) is 2.21. The van der Waals surface area contributed by atoms with Gasteiger partial charge in [-0.1, -0.05) is 26.3 Å². The minimum atomic E-state index is -0.154. The topological polar surface area (TPSA) is 12.0 Å². The fraction of sp³-hybridized carbons (Fsp3) is 0.538. The van der Waals surface area contributed by atoms with E-state index in [9.17, 15) is 4.39 Å². The van der Waals surface area contributed by atoms with Gasteiger partial charge in [0.05, 0.1) is 0 Å². The average molecular weight is 209 g/mol. The molecule has 1 nitrogen and oxygen atoms in total. The molecule has 1 atom stereocenters. The number of halogens is 1. The van der Waals surface area contributed by atoms with Crippen LogP contribution in [-0.4, -0.2) is 6.54 Å². The SMILES string of the molecule is CCC(C)CNCc1ccc(F)cc1C. The second-order valence-corrected chi connectivity index (χ2v) is 4.22. The summed E-state index contributed by atoms with van der Waals surface area (Å²) in [5.74, 6) is 0.545. The molecule has 0 spiro atoms. The molecule has 1 rings (SSSR count). The zero-order chi connectivity index (χ0) is 11.3. The van der Waals surface area contributed by atoms with Gasteiger partial charge in [0, 0.05) is 6.54 Å². The second kappa shape index (κ2) is 5.86. The van der Waals surface area contributed by atoms with Crippen molar-refractivity contribution in [2.75, 3.05) is 6.54 Å². The lowest BCUT2D eigenvalue weighted by Gasteiger charge is -2.11. The highest BCUT2D eigenvalue weighted by Gasteiger charge is 2.01. The van der Waals surface area contributed by atoms with Crippen LogP contribution < -0.4 is 5.32 Å². The van der Waals surface area contributed by atoms with Gasteiger partial charge in [-0.15, -0.1) is 0 Å². The molecule has 0 aromatic heterocycles. The lowest BCUT2D eigenvalue weighted by atomic mass is 10.1. The molecule has 0 heterocycles. The molecule has 0 aliphatic carbocycles. The molecule has 1 N–H and O–H groups in total. The van der Waals surface area contributed by atoms with Crippen LogP contribution in [0.4, 0.5) is 4.39 Å². The van der Waals surface area contributed by atoms with Crippen LogP contribution in [0, 0.1) is 18.7 Å². The van der Waals surface area contributed by atoms with Crippen LogP contribution in [-0.2, 0) is 6.54 Å². The van der Waals surface area contributed by atoms with Crippen LogP contribution in [0.5, 0.6) is 0 Å². The van der Waals surface area contributed by atoms with Gasteiger partial charge in [0.2, 0.25) is 0 Å². The summed E-state index contributed by atoms with van der Waals surface area (Å²) in [5, 5.41) is 3.39. The van der Waals surface area contributed by atoms with Crippen molar-refractivity contribution < 1.29 is 4.39 Å². The second-order valence-electron chi connectivity index (χ2n) is 4.22. The van der Waals surface area contributed by atoms with Gasteiger partial charge >= 0.3 is 0 Å². The highest BCUT2D eigenvalue weighted by atomic mass is 19.1. The van der Waals surface area contributed by atoms with Gasteiger partial charge in [0.1, 0.15) is 5.82 Å². The maximum Gasteiger partial charge on any atom is 0.123 e. The first-order valence-corrected chi connectivity index (χ1v) is 5.59. The fourth-order valence-electron chi connectivity index (χ4n) is 1.46. The van der Waals surface area contributed by atoms with Crippen molar-refractivity contribution in [3.05, 3.63) is 35.1 Å². The molecule has 15 heavy (non-hydrogen) atoms. The fourth-order valence-corrected chi connectivity index (χ4v) is 1.46. The minimum Gasteiger partial charge on any atom is -0.312 e. The number of benzene rings is 1. The van der Waals surface area contributed by atoms with E-state index >= 15 is 0 Å². The van der Waals surface area contributed by atoms with Crippen LogP contribution >= 0.6 is 0 Å². The molecule has 0 bridgehead atoms. The molecular weight excluding hydrogens is 189 g/mol. The molecule has 0 aliphatic heterocycles. The van der Waals surface area contributed by atoms with Gasteiger partial charge in [-0.05, 0) is 42.6 Å². The molecule has 0 saturated carbocycles. The van der Waals surface area contributed by atoms with Gasteiger partial charge in [-0.2, -0.15) is 0 Å². The first kappa shape index (κ1) is 12.2. The van der Waals surface area contributed by atoms with E-state index in [4.69, 9.17) is 0 Å². The van der Waals surface area contributed by atoms with Gasteiger partial charge in [-0.3, -0.25) is 0 Å². The molecule has 0 saturated heterocycles. The molecule has 0 radical (unpaired) electrons. The van der Waals surface area contributed by atoms with Crippen LogP contribution in [0.25, 0.3) is 0 Å². The van der Waals surface area contributed by atoms with Gasteiger partial charge < -0.3 is 5.32 Å². The molecule has 0 aliphatic rings. The summed E-state index contributed by atoms with van der Waals surface area (Å²) in [6, 6.07) is 4.96. The molecule has 1 aromatic rings. The van der Waals surface area contributed by atoms with E-state index in [0.29, 0.717) is 5.92 Å². The van der Waals surface area contributed by atoms with Gasteiger partial charge in [-0.25, -0.2) is 4.39 Å². The van der Waals surface area contributed by atoms with E-state index < -0.39 is 0 Å². The van der Waals surface area contributed by atoms with Crippen molar-refractivity contribution in [2.45, 2.75) is 33.7 Å². The molecule has 1 aromatic carbocycles. The Labute approximate surface area is 91.7 Å². The van der Waals surface area contributed by atoms with Gasteiger partial charge in [0.15, 0.2) is 0 Å². The molecule has 0 amide bonds. The summed E-state index contributed by atoms with van der Waals surface area (Å²) in [5.41, 5.74) is 2.20. The Morgan fingerprint density at radius 3 is 2.73 bits per heavy atom. The van der Waals surface area contributed by atoms with E-state index in [0.717, 1.165) is 18.7 Å². The number of rotatable bonds is 5. The lowest BCUT2D eigenvalue weighted by Crippen LogP contribution is -2.20. The summed E-state index contributed by atoms with van der Waals surface area (Å²) in [6.07, 6.45) is 1.19. The minimum absolute atomic E-state index is 0.154. The predicted molar refractivity (Wildman–Crippen MR) is 62.3 cm³/mol. The third-order valence-electron chi connectivity index (χ3n) is 2.81. The zero-order valence-corrected chi connectivity index (χ0v) is 9.81. The van der Waals surface area contributed by atoms with Crippen molar-refractivity contribution in [3.63, 3.8) is 0 Å². The van der Waals surface area contributed by atoms with Gasteiger partial charge in [0.25, 0.3) is 0 Å². The maximum atomic E-state index is 12.8. The van der Waals surface area contributed by atoms with Crippen LogP contribution in [0.3, 0.4) is 0 Å². The largest absolute Gasteiger partial charge is 0.312 e. The molecule has 0 fully saturated rings. The smallest absolute Gasteiger partial charge is 0.123 e. The Hall–Kier alpha value is -0.890. The summed E-state index contributed by atoms with van der Waals surface area (Å²) in [7, 11) is 0. The number of aryl methyl sites for hydroxylation is 1. The standard InChI is InChI=1S/C13H20FN/c1-4-10(2)8-15-9-12-5-6-13(14)7-11(12)3/h5-7,10,15H,4,8-9H2,1-3H3. The Kier molecular flexibility index (Phi) is 4.76. The highest BCUT2D eigenvalue weighted by Crippen LogP contribution is 2.10. The number of hydrogen-bond donors (Lipinski definition) is 1. The predicted octanol–water partition coefficient (Wildman–Crippen LogP) is 3.27. The van der Waals surface area contributed by atoms with Crippen LogP contribution in [0.1, 0.15) is 31.4 Å². The Morgan fingerprint density at radius 1 is 1.40 bits per heavy atom. The van der Waals surface area contributed by atoms with Crippen molar-refractivity contribution in [3.8, 4) is 0 Å². The molecule has 1 unspecified atom stereocenters. The van der Waals surface area contributed by atoms with Crippen LogP contribution in [0.2, 0.25) is 0 Å². The van der Waals surface area contributed by atoms with E-state index in [1.807, 2.05) is 13.0 Å². The quantitative estimate of drug-likeness (QED) is 0.784. The normalized spacial score (nSPS) is 12.8. The third-order valence-corrected chi connectivity index (χ3v) is 2.81. The molecule has 84 valence electrons. The lowest BCUT2D eigenvalue weighted by molar-refractivity contribution is 0.499. The Balaban J connectivity index is 2.44. The third kappa shape index (κ3) is 4.00. The summed E-state index contributed by atoms with van der Waals surface area (Å²) < 4.78 is 12.8. The van der Waals surface area contributed by atoms with Crippen molar-refractivity contribution in [2.24, 2.45) is 5.92 Å². The van der Waals surface area contributed by atoms with E-state index in [2.05, 4.69) is 19.2 Å². The van der Waals surface area contributed by atoms with E-state index in [1.54, 1.807) is 6.07 Å². The summed E-state index contributed by atoms with van der Waals surface area (Å²) in [6.45, 7) is 8.22. The summed E-state index contributed by atoms with van der Waals surface area (Å²) >= 11 is 0. The Morgan fingerprint density at radius 2 is 2.13 bits per heavy atom. The first-order chi connectivity index (χ1) is 7.13. The first-order valence-electron chi connectivity index (χ1n) is 5.59. The Bertz CT molecular complexity index is 309. The van der Waals surface area contributed by atoms with E-state index in [-0.39, 0.29) is 5.82 Å². The number of nitrogens with one attached hydrogen (secondary N) is 1. The van der Waals surface area contributed by atoms with Crippen molar-refractivity contribution in [1.82, 2.24) is 5.32 Å². The van der Waals surface area contributed by atoms with Crippen molar-refractivity contribution >= 4 is 0 Å². The zero-order valence-electron chi connectivity index (χ0n) is 9.81. The van der Waals surface area contributed by atoms with Crippen molar-refractivity contribution in [1.29, 1.82) is 0 Å². The summed E-state index contributed by atoms with van der Waals surface area (Å²) in [4.78, 5) is 0. The van der Waals surface area contributed by atoms with E-state index in [1.165, 1.54) is 18.1 Å². The monoisotopic (exact) mass is 209 g/mol. The molecule has 2 heteroatoms. The van der Waals surface area contributed by atoms with Crippen LogP contribution in [0.15, 0.2) is 18.2 Å². The number of hydrogen-bond acceptors (Lipinski definition) is 1. The maximum absolute atomic E-state index is 12.8. The molecular formula is C13H20FN.